The number of nitrogens with two attached hydrogens (primary N) is 1. The van der Waals surface area contributed by atoms with Crippen molar-refractivity contribution in [1.29, 1.82) is 0 Å². The monoisotopic (exact) mass is 259 g/mol. The summed E-state index contributed by atoms with van der Waals surface area (Å²) in [4.78, 5) is 10.2. The van der Waals surface area contributed by atoms with Crippen molar-refractivity contribution in [2.45, 2.75) is 0 Å². The van der Waals surface area contributed by atoms with Gasteiger partial charge in [-0.2, -0.15) is 9.97 Å². The van der Waals surface area contributed by atoms with E-state index in [9.17, 15) is 0 Å². The SMILES string of the molecule is COc1ccc(Nc2cc(N(C)C)nc(N)n2)cc1. The van der Waals surface area contributed by atoms with Crippen molar-refractivity contribution in [3.05, 3.63) is 30.3 Å². The largest absolute Gasteiger partial charge is 0.497 e. The summed E-state index contributed by atoms with van der Waals surface area (Å²) in [7, 11) is 5.44. The molecule has 0 aliphatic rings. The Hall–Kier alpha value is -2.50. The molecule has 0 aliphatic carbocycles. The van der Waals surface area contributed by atoms with Gasteiger partial charge in [-0.05, 0) is 24.3 Å². The minimum atomic E-state index is 0.238. The van der Waals surface area contributed by atoms with Gasteiger partial charge in [0.15, 0.2) is 0 Å². The molecule has 1 heterocycles. The first-order chi connectivity index (χ1) is 9.08. The number of nitrogens with one attached hydrogen (secondary N) is 1. The quantitative estimate of drug-likeness (QED) is 0.873. The summed E-state index contributed by atoms with van der Waals surface area (Å²) in [6.45, 7) is 0. The topological polar surface area (TPSA) is 76.3 Å². The number of ether oxygens (including phenoxy) is 1. The van der Waals surface area contributed by atoms with Gasteiger partial charge in [0.1, 0.15) is 17.4 Å². The van der Waals surface area contributed by atoms with Crippen molar-refractivity contribution < 1.29 is 4.74 Å². The van der Waals surface area contributed by atoms with E-state index in [4.69, 9.17) is 10.5 Å². The highest BCUT2D eigenvalue weighted by atomic mass is 16.5. The predicted octanol–water partition coefficient (Wildman–Crippen LogP) is 1.88. The summed E-state index contributed by atoms with van der Waals surface area (Å²) in [5.74, 6) is 2.45. The molecule has 0 unspecified atom stereocenters. The molecule has 6 nitrogen and oxygen atoms in total. The third kappa shape index (κ3) is 3.25. The van der Waals surface area contributed by atoms with Crippen LogP contribution in [0.5, 0.6) is 5.75 Å². The summed E-state index contributed by atoms with van der Waals surface area (Å²) in [5, 5.41) is 3.18. The molecule has 2 rings (SSSR count). The van der Waals surface area contributed by atoms with Crippen molar-refractivity contribution in [2.75, 3.05) is 37.2 Å². The summed E-state index contributed by atoms with van der Waals surface area (Å²) in [6.07, 6.45) is 0. The standard InChI is InChI=1S/C13H17N5O/c1-18(2)12-8-11(16-13(14)17-12)15-9-4-6-10(19-3)7-5-9/h4-8H,1-3H3,(H3,14,15,16,17). The predicted molar refractivity (Wildman–Crippen MR) is 77.0 cm³/mol. The van der Waals surface area contributed by atoms with Gasteiger partial charge in [0.25, 0.3) is 0 Å². The first kappa shape index (κ1) is 12.9. The number of nitrogen functional groups attached to an aromatic ring is 1. The van der Waals surface area contributed by atoms with Gasteiger partial charge >= 0.3 is 0 Å². The van der Waals surface area contributed by atoms with E-state index >= 15 is 0 Å². The van der Waals surface area contributed by atoms with Crippen LogP contribution >= 0.6 is 0 Å². The first-order valence-electron chi connectivity index (χ1n) is 5.81. The zero-order valence-electron chi connectivity index (χ0n) is 11.2. The molecule has 0 bridgehead atoms. The molecule has 0 atom stereocenters. The fourth-order valence-electron chi connectivity index (χ4n) is 1.57. The number of methoxy groups -OCH3 is 1. The van der Waals surface area contributed by atoms with Crippen LogP contribution in [0, 0.1) is 0 Å². The van der Waals surface area contributed by atoms with Crippen LogP contribution in [0.15, 0.2) is 30.3 Å². The molecule has 2 aromatic rings. The lowest BCUT2D eigenvalue weighted by Crippen LogP contribution is -2.13. The summed E-state index contributed by atoms with van der Waals surface area (Å²) in [6, 6.07) is 9.40. The van der Waals surface area contributed by atoms with Crippen LogP contribution < -0.4 is 20.7 Å². The van der Waals surface area contributed by atoms with Gasteiger partial charge in [-0.3, -0.25) is 0 Å². The number of hydrogen-bond donors (Lipinski definition) is 2. The van der Waals surface area contributed by atoms with E-state index in [1.165, 1.54) is 0 Å². The van der Waals surface area contributed by atoms with Crippen LogP contribution in [0.4, 0.5) is 23.3 Å². The Kier molecular flexibility index (Phi) is 3.70. The van der Waals surface area contributed by atoms with Crippen molar-refractivity contribution in [1.82, 2.24) is 9.97 Å². The smallest absolute Gasteiger partial charge is 0.223 e. The summed E-state index contributed by atoms with van der Waals surface area (Å²) in [5.41, 5.74) is 6.59. The third-order valence-corrected chi connectivity index (χ3v) is 2.55. The Labute approximate surface area is 112 Å². The normalized spacial score (nSPS) is 10.1. The molecule has 6 heteroatoms. The minimum Gasteiger partial charge on any atom is -0.497 e. The van der Waals surface area contributed by atoms with E-state index in [1.807, 2.05) is 49.3 Å². The fourth-order valence-corrected chi connectivity index (χ4v) is 1.57. The molecule has 1 aromatic heterocycles. The van der Waals surface area contributed by atoms with Gasteiger partial charge in [-0.15, -0.1) is 0 Å². The van der Waals surface area contributed by atoms with Crippen LogP contribution in [0.2, 0.25) is 0 Å². The molecule has 0 amide bonds. The first-order valence-corrected chi connectivity index (χ1v) is 5.81. The number of rotatable bonds is 4. The van der Waals surface area contributed by atoms with E-state index in [1.54, 1.807) is 7.11 Å². The van der Waals surface area contributed by atoms with E-state index < -0.39 is 0 Å². The number of benzene rings is 1. The van der Waals surface area contributed by atoms with Crippen LogP contribution in [0.1, 0.15) is 0 Å². The second kappa shape index (κ2) is 5.43. The second-order valence-electron chi connectivity index (χ2n) is 4.22. The van der Waals surface area contributed by atoms with E-state index in [-0.39, 0.29) is 5.95 Å². The van der Waals surface area contributed by atoms with Gasteiger partial charge < -0.3 is 20.7 Å². The minimum absolute atomic E-state index is 0.238. The molecule has 0 saturated heterocycles. The Morgan fingerprint density at radius 1 is 1.16 bits per heavy atom. The average molecular weight is 259 g/mol. The summed E-state index contributed by atoms with van der Waals surface area (Å²) < 4.78 is 5.11. The Morgan fingerprint density at radius 3 is 2.42 bits per heavy atom. The van der Waals surface area contributed by atoms with Crippen molar-refractivity contribution >= 4 is 23.3 Å². The lowest BCUT2D eigenvalue weighted by molar-refractivity contribution is 0.415. The molecule has 3 N–H and O–H groups in total. The molecular weight excluding hydrogens is 242 g/mol. The number of nitrogens with zero attached hydrogens (tertiary/aromatic N) is 3. The molecule has 0 spiro atoms. The van der Waals surface area contributed by atoms with Crippen molar-refractivity contribution in [3.63, 3.8) is 0 Å². The lowest BCUT2D eigenvalue weighted by atomic mass is 10.3. The van der Waals surface area contributed by atoms with Crippen LogP contribution in [0.3, 0.4) is 0 Å². The van der Waals surface area contributed by atoms with Crippen molar-refractivity contribution in [2.24, 2.45) is 0 Å². The molecule has 0 aliphatic heterocycles. The van der Waals surface area contributed by atoms with E-state index in [2.05, 4.69) is 15.3 Å². The molecule has 19 heavy (non-hydrogen) atoms. The average Bonchev–Trinajstić information content (AvgIpc) is 2.39. The van der Waals surface area contributed by atoms with Gasteiger partial charge in [0.2, 0.25) is 5.95 Å². The third-order valence-electron chi connectivity index (χ3n) is 2.55. The molecule has 0 fully saturated rings. The fraction of sp³-hybridized carbons (Fsp3) is 0.231. The number of hydrogen-bond acceptors (Lipinski definition) is 6. The van der Waals surface area contributed by atoms with Gasteiger partial charge in [0, 0.05) is 25.8 Å². The van der Waals surface area contributed by atoms with Crippen LogP contribution in [-0.2, 0) is 0 Å². The van der Waals surface area contributed by atoms with E-state index in [0.29, 0.717) is 5.82 Å². The highest BCUT2D eigenvalue weighted by Crippen LogP contribution is 2.21. The summed E-state index contributed by atoms with van der Waals surface area (Å²) >= 11 is 0. The molecule has 0 radical (unpaired) electrons. The molecule has 0 saturated carbocycles. The molecule has 1 aromatic carbocycles. The van der Waals surface area contributed by atoms with Gasteiger partial charge in [-0.1, -0.05) is 0 Å². The lowest BCUT2D eigenvalue weighted by Gasteiger charge is -2.13. The number of anilines is 4. The van der Waals surface area contributed by atoms with Crippen molar-refractivity contribution in [3.8, 4) is 5.75 Å². The highest BCUT2D eigenvalue weighted by Gasteiger charge is 2.04. The number of aromatic nitrogens is 2. The maximum atomic E-state index is 5.69. The van der Waals surface area contributed by atoms with Gasteiger partial charge in [0.05, 0.1) is 7.11 Å². The highest BCUT2D eigenvalue weighted by molar-refractivity contribution is 5.61. The molecule has 100 valence electrons. The molecular formula is C13H17N5O. The van der Waals surface area contributed by atoms with Crippen LogP contribution in [0.25, 0.3) is 0 Å². The zero-order chi connectivity index (χ0) is 13.8. The van der Waals surface area contributed by atoms with E-state index in [0.717, 1.165) is 17.3 Å². The maximum Gasteiger partial charge on any atom is 0.223 e. The van der Waals surface area contributed by atoms with Gasteiger partial charge in [-0.25, -0.2) is 0 Å². The Balaban J connectivity index is 2.22. The maximum absolute atomic E-state index is 5.69. The zero-order valence-corrected chi connectivity index (χ0v) is 11.2. The second-order valence-corrected chi connectivity index (χ2v) is 4.22. The Bertz CT molecular complexity index is 553. The van der Waals surface area contributed by atoms with Crippen LogP contribution in [-0.4, -0.2) is 31.2 Å². The Morgan fingerprint density at radius 2 is 1.84 bits per heavy atom.